The third kappa shape index (κ3) is 3.77. The van der Waals surface area contributed by atoms with Gasteiger partial charge in [0.2, 0.25) is 0 Å². The van der Waals surface area contributed by atoms with Crippen LogP contribution >= 0.6 is 12.2 Å². The average molecular weight is 326 g/mol. The van der Waals surface area contributed by atoms with Crippen molar-refractivity contribution in [2.24, 2.45) is 5.73 Å². The van der Waals surface area contributed by atoms with Crippen molar-refractivity contribution in [2.45, 2.75) is 42.7 Å². The van der Waals surface area contributed by atoms with Gasteiger partial charge in [-0.2, -0.15) is 0 Å². The largest absolute Gasteiger partial charge is 0.477 e. The summed E-state index contributed by atoms with van der Waals surface area (Å²) in [4.78, 5) is 11.2. The molecule has 0 radical (unpaired) electrons. The van der Waals surface area contributed by atoms with E-state index in [1.807, 2.05) is 0 Å². The zero-order chi connectivity index (χ0) is 16.4. The van der Waals surface area contributed by atoms with Crippen molar-refractivity contribution < 1.29 is 40.2 Å². The highest BCUT2D eigenvalue weighted by atomic mass is 32.1. The topological polar surface area (TPSA) is 186 Å². The van der Waals surface area contributed by atoms with Crippen molar-refractivity contribution in [3.8, 4) is 0 Å². The summed E-state index contributed by atoms with van der Waals surface area (Å²) in [5.41, 5.74) is 5.20. The Morgan fingerprint density at radius 3 is 2.52 bits per heavy atom. The van der Waals surface area contributed by atoms with E-state index in [0.717, 1.165) is 0 Å². The molecule has 0 bridgehead atoms. The Hall–Kier alpha value is -1.08. The maximum Gasteiger partial charge on any atom is 0.366 e. The summed E-state index contributed by atoms with van der Waals surface area (Å²) in [5, 5.41) is 58.8. The number of carbonyl (C=O) groups is 1. The molecule has 6 atom stereocenters. The molecule has 0 aromatic rings. The SMILES string of the molecule is NC(=S)N[C@@H]1[C@@H](O)C[C@H]([C@H](O)[C@H](O)CO)O[C@]1(O)C(=O)O. The van der Waals surface area contributed by atoms with Gasteiger partial charge >= 0.3 is 5.97 Å². The standard InChI is InChI=1S/C10H18N2O8S/c11-9(21)12-7-3(14)1-5(6(16)4(15)2-13)20-10(7,19)8(17)18/h3-7,13-16,19H,1-2H2,(H,17,18)(H3,11,12,21)/t3-,4+,5+,6+,7+,10-/m0/s1. The van der Waals surface area contributed by atoms with Crippen LogP contribution in [0, 0.1) is 0 Å². The summed E-state index contributed by atoms with van der Waals surface area (Å²) in [6, 6.07) is -1.57. The first-order valence-corrected chi connectivity index (χ1v) is 6.39. The second-order valence-electron chi connectivity index (χ2n) is 4.69. The van der Waals surface area contributed by atoms with Crippen LogP contribution in [0.25, 0.3) is 0 Å². The molecule has 11 heteroatoms. The fourth-order valence-corrected chi connectivity index (χ4v) is 2.21. The van der Waals surface area contributed by atoms with E-state index in [0.29, 0.717) is 0 Å². The van der Waals surface area contributed by atoms with Gasteiger partial charge in [0.25, 0.3) is 5.79 Å². The highest BCUT2D eigenvalue weighted by molar-refractivity contribution is 7.80. The summed E-state index contributed by atoms with van der Waals surface area (Å²) in [5.74, 6) is -4.77. The van der Waals surface area contributed by atoms with Crippen LogP contribution in [0.5, 0.6) is 0 Å². The average Bonchev–Trinajstić information content (AvgIpc) is 2.40. The van der Waals surface area contributed by atoms with E-state index in [9.17, 15) is 25.2 Å². The lowest BCUT2D eigenvalue weighted by Crippen LogP contribution is -2.70. The first kappa shape index (κ1) is 18.0. The Balaban J connectivity index is 3.02. The number of aliphatic hydroxyl groups is 5. The minimum atomic E-state index is -2.93. The second kappa shape index (κ2) is 6.79. The van der Waals surface area contributed by atoms with Gasteiger partial charge in [-0.05, 0) is 12.2 Å². The molecule has 10 nitrogen and oxygen atoms in total. The zero-order valence-electron chi connectivity index (χ0n) is 10.8. The molecule has 0 aromatic heterocycles. The normalized spacial score (nSPS) is 35.8. The summed E-state index contributed by atoms with van der Waals surface area (Å²) >= 11 is 4.53. The van der Waals surface area contributed by atoms with Gasteiger partial charge in [-0.15, -0.1) is 0 Å². The number of nitrogens with one attached hydrogen (secondary N) is 1. The van der Waals surface area contributed by atoms with Crippen LogP contribution < -0.4 is 11.1 Å². The maximum absolute atomic E-state index is 11.2. The Labute approximate surface area is 124 Å². The quantitative estimate of drug-likeness (QED) is 0.229. The molecule has 1 saturated heterocycles. The number of carboxylic acid groups (broad SMARTS) is 1. The number of nitrogens with two attached hydrogens (primary N) is 1. The van der Waals surface area contributed by atoms with Crippen molar-refractivity contribution >= 4 is 23.3 Å². The Morgan fingerprint density at radius 2 is 2.10 bits per heavy atom. The number of aliphatic hydroxyl groups excluding tert-OH is 4. The van der Waals surface area contributed by atoms with Crippen LogP contribution in [0.2, 0.25) is 0 Å². The number of hydrogen-bond acceptors (Lipinski definition) is 8. The van der Waals surface area contributed by atoms with Crippen molar-refractivity contribution in [3.63, 3.8) is 0 Å². The fraction of sp³-hybridized carbons (Fsp3) is 0.800. The molecular formula is C10H18N2O8S. The lowest BCUT2D eigenvalue weighted by molar-refractivity contribution is -0.298. The molecule has 1 rings (SSSR count). The molecule has 0 aromatic carbocycles. The number of ether oxygens (including phenoxy) is 1. The second-order valence-corrected chi connectivity index (χ2v) is 5.13. The molecule has 0 amide bonds. The lowest BCUT2D eigenvalue weighted by atomic mass is 9.89. The minimum absolute atomic E-state index is 0.325. The summed E-state index contributed by atoms with van der Waals surface area (Å²) < 4.78 is 4.90. The number of hydrogen-bond donors (Lipinski definition) is 8. The smallest absolute Gasteiger partial charge is 0.366 e. The molecule has 1 aliphatic rings. The summed E-state index contributed by atoms with van der Waals surface area (Å²) in [6.07, 6.45) is -6.57. The third-order valence-electron chi connectivity index (χ3n) is 3.18. The van der Waals surface area contributed by atoms with E-state index < -0.39 is 48.8 Å². The molecular weight excluding hydrogens is 308 g/mol. The lowest BCUT2D eigenvalue weighted by Gasteiger charge is -2.44. The molecule has 1 aliphatic heterocycles. The van der Waals surface area contributed by atoms with Crippen LogP contribution in [0.4, 0.5) is 0 Å². The molecule has 9 N–H and O–H groups in total. The number of aliphatic carboxylic acids is 1. The minimum Gasteiger partial charge on any atom is -0.477 e. The van der Waals surface area contributed by atoms with Crippen molar-refractivity contribution in [1.29, 1.82) is 0 Å². The summed E-state index contributed by atoms with van der Waals surface area (Å²) in [7, 11) is 0. The third-order valence-corrected chi connectivity index (χ3v) is 3.30. The van der Waals surface area contributed by atoms with Crippen molar-refractivity contribution in [3.05, 3.63) is 0 Å². The monoisotopic (exact) mass is 326 g/mol. The van der Waals surface area contributed by atoms with Gasteiger partial charge in [-0.25, -0.2) is 4.79 Å². The van der Waals surface area contributed by atoms with Crippen LogP contribution in [0.15, 0.2) is 0 Å². The van der Waals surface area contributed by atoms with E-state index in [-0.39, 0.29) is 11.5 Å². The van der Waals surface area contributed by atoms with E-state index in [1.165, 1.54) is 0 Å². The Kier molecular flexibility index (Phi) is 5.81. The maximum atomic E-state index is 11.2. The van der Waals surface area contributed by atoms with Gasteiger partial charge in [0.1, 0.15) is 18.2 Å². The van der Waals surface area contributed by atoms with Gasteiger partial charge in [0.05, 0.1) is 18.8 Å². The van der Waals surface area contributed by atoms with E-state index in [4.69, 9.17) is 20.7 Å². The molecule has 1 heterocycles. The highest BCUT2D eigenvalue weighted by Crippen LogP contribution is 2.30. The Morgan fingerprint density at radius 1 is 1.52 bits per heavy atom. The van der Waals surface area contributed by atoms with Gasteiger partial charge < -0.3 is 46.4 Å². The van der Waals surface area contributed by atoms with Gasteiger partial charge in [-0.1, -0.05) is 0 Å². The predicted octanol–water partition coefficient (Wildman–Crippen LogP) is -4.17. The van der Waals surface area contributed by atoms with Crippen molar-refractivity contribution in [1.82, 2.24) is 5.32 Å². The molecule has 122 valence electrons. The Bertz CT molecular complexity index is 411. The van der Waals surface area contributed by atoms with Crippen LogP contribution in [0.1, 0.15) is 6.42 Å². The number of thiocarbonyl (C=S) groups is 1. The number of carboxylic acids is 1. The van der Waals surface area contributed by atoms with E-state index in [1.54, 1.807) is 0 Å². The van der Waals surface area contributed by atoms with Gasteiger partial charge in [-0.3, -0.25) is 0 Å². The zero-order valence-corrected chi connectivity index (χ0v) is 11.6. The van der Waals surface area contributed by atoms with Gasteiger partial charge in [0.15, 0.2) is 5.11 Å². The predicted molar refractivity (Wildman–Crippen MR) is 70.9 cm³/mol. The molecule has 0 spiro atoms. The number of rotatable bonds is 5. The molecule has 21 heavy (non-hydrogen) atoms. The van der Waals surface area contributed by atoms with Crippen LogP contribution in [-0.4, -0.2) is 84.6 Å². The van der Waals surface area contributed by atoms with E-state index >= 15 is 0 Å². The molecule has 0 aliphatic carbocycles. The van der Waals surface area contributed by atoms with Crippen molar-refractivity contribution in [2.75, 3.05) is 6.61 Å². The first-order valence-electron chi connectivity index (χ1n) is 5.98. The van der Waals surface area contributed by atoms with Crippen LogP contribution in [0.3, 0.4) is 0 Å². The van der Waals surface area contributed by atoms with E-state index in [2.05, 4.69) is 17.5 Å². The molecule has 0 saturated carbocycles. The summed E-state index contributed by atoms with van der Waals surface area (Å²) in [6.45, 7) is -0.808. The van der Waals surface area contributed by atoms with Crippen LogP contribution in [-0.2, 0) is 9.53 Å². The fourth-order valence-electron chi connectivity index (χ4n) is 2.08. The molecule has 0 unspecified atom stereocenters. The molecule has 1 fully saturated rings. The van der Waals surface area contributed by atoms with Gasteiger partial charge in [0, 0.05) is 6.42 Å². The highest BCUT2D eigenvalue weighted by Gasteiger charge is 2.56. The first-order chi connectivity index (χ1) is 9.63.